The molecule has 0 N–H and O–H groups in total. The second-order valence-corrected chi connectivity index (χ2v) is 4.10. The van der Waals surface area contributed by atoms with E-state index in [9.17, 15) is 0 Å². The Labute approximate surface area is 95.0 Å². The molecule has 0 heterocycles. The number of rotatable bonds is 0. The van der Waals surface area contributed by atoms with Crippen molar-refractivity contribution in [3.63, 3.8) is 0 Å². The molecule has 1 heteroatoms. The third kappa shape index (κ3) is 1.24. The van der Waals surface area contributed by atoms with Gasteiger partial charge in [-0.3, -0.25) is 0 Å². The van der Waals surface area contributed by atoms with Gasteiger partial charge in [0.2, 0.25) is 0 Å². The molecule has 0 bridgehead atoms. The van der Waals surface area contributed by atoms with Gasteiger partial charge in [-0.25, -0.2) is 0 Å². The molecule has 16 heavy (non-hydrogen) atoms. The number of nitrogens with zero attached hydrogens (tertiary/aromatic N) is 1. The minimum atomic E-state index is 0.826. The lowest BCUT2D eigenvalue weighted by atomic mass is 9.84. The van der Waals surface area contributed by atoms with E-state index in [0.29, 0.717) is 0 Å². The number of hydrogen-bond donors (Lipinski definition) is 0. The van der Waals surface area contributed by atoms with Crippen LogP contribution in [-0.4, -0.2) is 0 Å². The van der Waals surface area contributed by atoms with Crippen LogP contribution in [0.2, 0.25) is 0 Å². The van der Waals surface area contributed by atoms with Gasteiger partial charge in [0.1, 0.15) is 0 Å². The molecule has 1 nitrogen and oxygen atoms in total. The summed E-state index contributed by atoms with van der Waals surface area (Å²) in [7, 11) is 0. The molecule has 0 aromatic heterocycles. The van der Waals surface area contributed by atoms with E-state index in [2.05, 4.69) is 36.4 Å². The van der Waals surface area contributed by atoms with E-state index in [1.54, 1.807) is 0 Å². The van der Waals surface area contributed by atoms with Gasteiger partial charge in [0.25, 0.3) is 0 Å². The van der Waals surface area contributed by atoms with E-state index in [0.717, 1.165) is 18.4 Å². The maximum absolute atomic E-state index is 9.09. The summed E-state index contributed by atoms with van der Waals surface area (Å²) < 4.78 is 0. The molecule has 0 saturated carbocycles. The summed E-state index contributed by atoms with van der Waals surface area (Å²) in [4.78, 5) is 0. The molecule has 0 unspecified atom stereocenters. The molecule has 2 aromatic rings. The Hall–Kier alpha value is -2.07. The maximum atomic E-state index is 9.09. The second kappa shape index (κ2) is 3.50. The standard InChI is InChI=1S/C15H11N/c16-10-12-5-3-7-15-13-6-2-1-4-11(13)8-9-14(12)15/h1-7H,8-9H2. The number of aryl methyl sites for hydroxylation is 1. The van der Waals surface area contributed by atoms with Gasteiger partial charge < -0.3 is 0 Å². The van der Waals surface area contributed by atoms with E-state index in [1.807, 2.05) is 12.1 Å². The molecule has 0 saturated heterocycles. The number of nitriles is 1. The van der Waals surface area contributed by atoms with Crippen LogP contribution in [0, 0.1) is 11.3 Å². The highest BCUT2D eigenvalue weighted by molar-refractivity contribution is 5.75. The fourth-order valence-corrected chi connectivity index (χ4v) is 2.47. The van der Waals surface area contributed by atoms with Crippen LogP contribution >= 0.6 is 0 Å². The van der Waals surface area contributed by atoms with Crippen LogP contribution in [0.4, 0.5) is 0 Å². The summed E-state index contributed by atoms with van der Waals surface area (Å²) in [6, 6.07) is 16.8. The SMILES string of the molecule is N#Cc1cccc2c1CCc1ccccc1-2. The fraction of sp³-hybridized carbons (Fsp3) is 0.133. The number of benzene rings is 2. The highest BCUT2D eigenvalue weighted by Crippen LogP contribution is 2.34. The molecule has 2 aromatic carbocycles. The first kappa shape index (κ1) is 9.18. The molecule has 0 atom stereocenters. The van der Waals surface area contributed by atoms with Crippen molar-refractivity contribution in [1.82, 2.24) is 0 Å². The van der Waals surface area contributed by atoms with E-state index in [1.165, 1.54) is 22.3 Å². The van der Waals surface area contributed by atoms with Crippen LogP contribution < -0.4 is 0 Å². The van der Waals surface area contributed by atoms with E-state index < -0.39 is 0 Å². The van der Waals surface area contributed by atoms with Gasteiger partial charge in [-0.05, 0) is 41.2 Å². The van der Waals surface area contributed by atoms with Crippen molar-refractivity contribution >= 4 is 0 Å². The van der Waals surface area contributed by atoms with Crippen molar-refractivity contribution in [2.75, 3.05) is 0 Å². The molecule has 1 aliphatic rings. The Morgan fingerprint density at radius 3 is 2.56 bits per heavy atom. The summed E-state index contributed by atoms with van der Waals surface area (Å²) >= 11 is 0. The maximum Gasteiger partial charge on any atom is 0.0994 e. The second-order valence-electron chi connectivity index (χ2n) is 4.10. The number of fused-ring (bicyclic) bond motifs is 3. The van der Waals surface area contributed by atoms with Gasteiger partial charge in [-0.1, -0.05) is 36.4 Å². The zero-order chi connectivity index (χ0) is 11.0. The Morgan fingerprint density at radius 1 is 0.875 bits per heavy atom. The van der Waals surface area contributed by atoms with E-state index in [-0.39, 0.29) is 0 Å². The normalized spacial score (nSPS) is 12.4. The highest BCUT2D eigenvalue weighted by atomic mass is 14.3. The molecule has 0 radical (unpaired) electrons. The third-order valence-corrected chi connectivity index (χ3v) is 3.25. The van der Waals surface area contributed by atoms with Crippen LogP contribution in [0.3, 0.4) is 0 Å². The Bertz CT molecular complexity index is 591. The summed E-state index contributed by atoms with van der Waals surface area (Å²) in [6.07, 6.45) is 2.03. The van der Waals surface area contributed by atoms with Gasteiger partial charge >= 0.3 is 0 Å². The molecule has 0 amide bonds. The molecule has 1 aliphatic carbocycles. The smallest absolute Gasteiger partial charge is 0.0994 e. The first-order chi connectivity index (χ1) is 7.90. The van der Waals surface area contributed by atoms with E-state index >= 15 is 0 Å². The number of hydrogen-bond acceptors (Lipinski definition) is 1. The molecular weight excluding hydrogens is 194 g/mol. The van der Waals surface area contributed by atoms with Gasteiger partial charge in [0.15, 0.2) is 0 Å². The van der Waals surface area contributed by atoms with Gasteiger partial charge in [0, 0.05) is 0 Å². The van der Waals surface area contributed by atoms with Crippen molar-refractivity contribution in [3.05, 3.63) is 59.2 Å². The van der Waals surface area contributed by atoms with Crippen LogP contribution in [0.1, 0.15) is 16.7 Å². The molecule has 0 spiro atoms. The average molecular weight is 205 g/mol. The van der Waals surface area contributed by atoms with Crippen molar-refractivity contribution in [3.8, 4) is 17.2 Å². The van der Waals surface area contributed by atoms with Crippen LogP contribution in [-0.2, 0) is 12.8 Å². The van der Waals surface area contributed by atoms with Gasteiger partial charge in [-0.15, -0.1) is 0 Å². The summed E-state index contributed by atoms with van der Waals surface area (Å²) in [5.74, 6) is 0. The van der Waals surface area contributed by atoms with Gasteiger partial charge in [-0.2, -0.15) is 5.26 Å². The highest BCUT2D eigenvalue weighted by Gasteiger charge is 2.17. The Morgan fingerprint density at radius 2 is 1.69 bits per heavy atom. The third-order valence-electron chi connectivity index (χ3n) is 3.25. The zero-order valence-corrected chi connectivity index (χ0v) is 8.90. The van der Waals surface area contributed by atoms with Crippen LogP contribution in [0.15, 0.2) is 42.5 Å². The minimum absolute atomic E-state index is 0.826. The van der Waals surface area contributed by atoms with E-state index in [4.69, 9.17) is 5.26 Å². The van der Waals surface area contributed by atoms with Crippen molar-refractivity contribution < 1.29 is 0 Å². The van der Waals surface area contributed by atoms with Crippen molar-refractivity contribution in [2.24, 2.45) is 0 Å². The monoisotopic (exact) mass is 205 g/mol. The molecule has 0 fully saturated rings. The Kier molecular flexibility index (Phi) is 2.01. The zero-order valence-electron chi connectivity index (χ0n) is 8.90. The predicted molar refractivity (Wildman–Crippen MR) is 64.0 cm³/mol. The first-order valence-corrected chi connectivity index (χ1v) is 5.50. The van der Waals surface area contributed by atoms with Crippen molar-refractivity contribution in [2.45, 2.75) is 12.8 Å². The Balaban J connectivity index is 2.30. The summed E-state index contributed by atoms with van der Waals surface area (Å²) in [5, 5.41) is 9.09. The van der Waals surface area contributed by atoms with Gasteiger partial charge in [0.05, 0.1) is 11.6 Å². The molecule has 76 valence electrons. The quantitative estimate of drug-likeness (QED) is 0.647. The molecule has 3 rings (SSSR count). The topological polar surface area (TPSA) is 23.8 Å². The van der Waals surface area contributed by atoms with Crippen molar-refractivity contribution in [1.29, 1.82) is 5.26 Å². The molecular formula is C15H11N. The summed E-state index contributed by atoms with van der Waals surface area (Å²) in [6.45, 7) is 0. The minimum Gasteiger partial charge on any atom is -0.192 e. The lowest BCUT2D eigenvalue weighted by molar-refractivity contribution is 0.937. The molecule has 0 aliphatic heterocycles. The average Bonchev–Trinajstić information content (AvgIpc) is 2.37. The van der Waals surface area contributed by atoms with Crippen LogP contribution in [0.5, 0.6) is 0 Å². The van der Waals surface area contributed by atoms with Crippen LogP contribution in [0.25, 0.3) is 11.1 Å². The largest absolute Gasteiger partial charge is 0.192 e. The predicted octanol–water partition coefficient (Wildman–Crippen LogP) is 3.32. The lowest BCUT2D eigenvalue weighted by Crippen LogP contribution is -2.05. The first-order valence-electron chi connectivity index (χ1n) is 5.50. The summed E-state index contributed by atoms with van der Waals surface area (Å²) in [5.41, 5.74) is 5.96. The lowest BCUT2D eigenvalue weighted by Gasteiger charge is -2.20. The fourth-order valence-electron chi connectivity index (χ4n) is 2.47.